The van der Waals surface area contributed by atoms with E-state index in [1.54, 1.807) is 7.11 Å². The smallest absolute Gasteiger partial charge is 0.128 e. The minimum Gasteiger partial charge on any atom is -0.383 e. The largest absolute Gasteiger partial charge is 0.383 e. The number of anilines is 1. The van der Waals surface area contributed by atoms with Crippen LogP contribution in [-0.4, -0.2) is 37.8 Å². The number of nitrogens with zero attached hydrogens (tertiary/aromatic N) is 2. The Morgan fingerprint density at radius 3 is 2.53 bits per heavy atom. The second kappa shape index (κ2) is 8.88. The molecule has 2 N–H and O–H groups in total. The molecule has 108 valence electrons. The van der Waals surface area contributed by atoms with Crippen molar-refractivity contribution in [2.45, 2.75) is 39.2 Å². The zero-order valence-corrected chi connectivity index (χ0v) is 12.4. The third-order valence-electron chi connectivity index (χ3n) is 3.46. The fourth-order valence-electron chi connectivity index (χ4n) is 2.30. The molecule has 0 atom stereocenters. The van der Waals surface area contributed by atoms with Gasteiger partial charge in [0.1, 0.15) is 5.82 Å². The van der Waals surface area contributed by atoms with E-state index in [2.05, 4.69) is 35.9 Å². The van der Waals surface area contributed by atoms with Crippen LogP contribution in [-0.2, 0) is 11.2 Å². The molecule has 1 aromatic heterocycles. The Morgan fingerprint density at radius 2 is 2.05 bits per heavy atom. The van der Waals surface area contributed by atoms with Crippen molar-refractivity contribution in [3.05, 3.63) is 23.9 Å². The number of methoxy groups -OCH3 is 1. The normalized spacial score (nSPS) is 11.0. The number of nitrogens with two attached hydrogens (primary N) is 1. The fraction of sp³-hybridized carbons (Fsp3) is 0.667. The third-order valence-corrected chi connectivity index (χ3v) is 3.46. The summed E-state index contributed by atoms with van der Waals surface area (Å²) in [5.74, 6) is 1.03. The summed E-state index contributed by atoms with van der Waals surface area (Å²) in [4.78, 5) is 6.93. The average Bonchev–Trinajstić information content (AvgIpc) is 2.45. The van der Waals surface area contributed by atoms with E-state index in [1.165, 1.54) is 5.56 Å². The lowest BCUT2D eigenvalue weighted by molar-refractivity contribution is 0.202. The van der Waals surface area contributed by atoms with Crippen LogP contribution in [0.2, 0.25) is 0 Å². The van der Waals surface area contributed by atoms with Gasteiger partial charge in [0.05, 0.1) is 6.61 Å². The van der Waals surface area contributed by atoms with Gasteiger partial charge in [0, 0.05) is 25.9 Å². The summed E-state index contributed by atoms with van der Waals surface area (Å²) in [6.45, 7) is 6.71. The van der Waals surface area contributed by atoms with Gasteiger partial charge in [-0.05, 0) is 37.4 Å². The Kier molecular flexibility index (Phi) is 7.45. The minimum absolute atomic E-state index is 0.517. The van der Waals surface area contributed by atoms with Crippen LogP contribution >= 0.6 is 0 Å². The molecule has 4 heteroatoms. The van der Waals surface area contributed by atoms with Gasteiger partial charge in [-0.15, -0.1) is 0 Å². The maximum Gasteiger partial charge on any atom is 0.128 e. The molecular weight excluding hydrogens is 238 g/mol. The molecule has 0 aliphatic carbocycles. The topological polar surface area (TPSA) is 51.4 Å². The summed E-state index contributed by atoms with van der Waals surface area (Å²) >= 11 is 0. The molecule has 0 saturated heterocycles. The van der Waals surface area contributed by atoms with Crippen LogP contribution in [0, 0.1) is 0 Å². The van der Waals surface area contributed by atoms with Crippen LogP contribution in [0.4, 0.5) is 5.82 Å². The van der Waals surface area contributed by atoms with E-state index in [0.29, 0.717) is 12.6 Å². The quantitative estimate of drug-likeness (QED) is 0.744. The van der Waals surface area contributed by atoms with Gasteiger partial charge in [0.2, 0.25) is 0 Å². The number of aromatic nitrogens is 1. The summed E-state index contributed by atoms with van der Waals surface area (Å²) in [7, 11) is 1.74. The highest BCUT2D eigenvalue weighted by molar-refractivity contribution is 5.40. The Bertz CT molecular complexity index is 336. The van der Waals surface area contributed by atoms with Crippen molar-refractivity contribution in [3.8, 4) is 0 Å². The van der Waals surface area contributed by atoms with E-state index in [4.69, 9.17) is 10.5 Å². The Morgan fingerprint density at radius 1 is 1.32 bits per heavy atom. The number of rotatable bonds is 9. The second-order valence-corrected chi connectivity index (χ2v) is 4.72. The van der Waals surface area contributed by atoms with E-state index < -0.39 is 0 Å². The van der Waals surface area contributed by atoms with Crippen LogP contribution < -0.4 is 10.6 Å². The third kappa shape index (κ3) is 4.80. The Balaban J connectivity index is 2.83. The molecule has 0 aliphatic heterocycles. The Labute approximate surface area is 117 Å². The van der Waals surface area contributed by atoms with Crippen molar-refractivity contribution >= 4 is 5.82 Å². The first-order valence-electron chi connectivity index (χ1n) is 7.17. The molecule has 0 unspecified atom stereocenters. The predicted molar refractivity (Wildman–Crippen MR) is 80.6 cm³/mol. The van der Waals surface area contributed by atoms with Gasteiger partial charge in [-0.2, -0.15) is 0 Å². The van der Waals surface area contributed by atoms with Crippen molar-refractivity contribution in [3.63, 3.8) is 0 Å². The zero-order valence-electron chi connectivity index (χ0n) is 12.4. The van der Waals surface area contributed by atoms with E-state index in [0.717, 1.165) is 38.2 Å². The van der Waals surface area contributed by atoms with Gasteiger partial charge < -0.3 is 15.4 Å². The summed E-state index contributed by atoms with van der Waals surface area (Å²) < 4.78 is 5.21. The highest BCUT2D eigenvalue weighted by Crippen LogP contribution is 2.18. The van der Waals surface area contributed by atoms with E-state index in [9.17, 15) is 0 Å². The summed E-state index contributed by atoms with van der Waals surface area (Å²) in [5.41, 5.74) is 6.76. The van der Waals surface area contributed by atoms with Crippen LogP contribution in [0.15, 0.2) is 18.3 Å². The van der Waals surface area contributed by atoms with Crippen molar-refractivity contribution in [2.24, 2.45) is 5.73 Å². The van der Waals surface area contributed by atoms with E-state index in [1.807, 2.05) is 6.20 Å². The Hall–Kier alpha value is -1.13. The second-order valence-electron chi connectivity index (χ2n) is 4.72. The minimum atomic E-state index is 0.517. The highest BCUT2D eigenvalue weighted by atomic mass is 16.5. The molecule has 1 aromatic rings. The van der Waals surface area contributed by atoms with E-state index in [-0.39, 0.29) is 0 Å². The van der Waals surface area contributed by atoms with Crippen molar-refractivity contribution in [2.75, 3.05) is 31.7 Å². The van der Waals surface area contributed by atoms with Crippen molar-refractivity contribution in [1.29, 1.82) is 0 Å². The van der Waals surface area contributed by atoms with Crippen molar-refractivity contribution in [1.82, 2.24) is 4.98 Å². The lowest BCUT2D eigenvalue weighted by Gasteiger charge is -2.31. The van der Waals surface area contributed by atoms with E-state index >= 15 is 0 Å². The maximum atomic E-state index is 5.56. The zero-order chi connectivity index (χ0) is 14.1. The van der Waals surface area contributed by atoms with Gasteiger partial charge in [-0.1, -0.05) is 19.9 Å². The number of pyridine rings is 1. The molecule has 19 heavy (non-hydrogen) atoms. The summed E-state index contributed by atoms with van der Waals surface area (Å²) in [6.07, 6.45) is 5.06. The number of hydrogen-bond donors (Lipinski definition) is 1. The fourth-order valence-corrected chi connectivity index (χ4v) is 2.30. The van der Waals surface area contributed by atoms with Gasteiger partial charge in [-0.3, -0.25) is 0 Å². The lowest BCUT2D eigenvalue weighted by Crippen LogP contribution is -2.37. The van der Waals surface area contributed by atoms with Crippen molar-refractivity contribution < 1.29 is 4.74 Å². The SMILES string of the molecule is CCC(CC)N(CCOC)c1ccc(CCN)cn1. The summed E-state index contributed by atoms with van der Waals surface area (Å²) in [6, 6.07) is 4.74. The summed E-state index contributed by atoms with van der Waals surface area (Å²) in [5, 5.41) is 0. The first-order valence-corrected chi connectivity index (χ1v) is 7.17. The lowest BCUT2D eigenvalue weighted by atomic mass is 10.1. The standard InChI is InChI=1S/C15H27N3O/c1-4-14(5-2)18(10-11-19-3)15-7-6-13(8-9-16)12-17-15/h6-7,12,14H,4-5,8-11,16H2,1-3H3. The van der Waals surface area contributed by atoms with Crippen LogP contribution in [0.1, 0.15) is 32.3 Å². The molecule has 0 spiro atoms. The predicted octanol–water partition coefficient (Wildman–Crippen LogP) is 2.22. The van der Waals surface area contributed by atoms with Crippen LogP contribution in [0.3, 0.4) is 0 Å². The van der Waals surface area contributed by atoms with Crippen LogP contribution in [0.25, 0.3) is 0 Å². The molecule has 4 nitrogen and oxygen atoms in total. The monoisotopic (exact) mass is 265 g/mol. The van der Waals surface area contributed by atoms with Gasteiger partial charge in [-0.25, -0.2) is 4.98 Å². The highest BCUT2D eigenvalue weighted by Gasteiger charge is 2.16. The first-order chi connectivity index (χ1) is 9.26. The molecule has 0 radical (unpaired) electrons. The number of ether oxygens (including phenoxy) is 1. The van der Waals surface area contributed by atoms with Gasteiger partial charge in [0.15, 0.2) is 0 Å². The molecule has 0 amide bonds. The molecule has 0 fully saturated rings. The molecule has 1 heterocycles. The molecular formula is C15H27N3O. The first kappa shape index (κ1) is 15.9. The molecule has 0 bridgehead atoms. The number of hydrogen-bond acceptors (Lipinski definition) is 4. The molecule has 1 rings (SSSR count). The molecule has 0 aliphatic rings. The van der Waals surface area contributed by atoms with Gasteiger partial charge >= 0.3 is 0 Å². The van der Waals surface area contributed by atoms with Crippen LogP contribution in [0.5, 0.6) is 0 Å². The maximum absolute atomic E-state index is 5.56. The van der Waals surface area contributed by atoms with Gasteiger partial charge in [0.25, 0.3) is 0 Å². The average molecular weight is 265 g/mol. The molecule has 0 saturated carbocycles. The molecule has 0 aromatic carbocycles.